The van der Waals surface area contributed by atoms with Crippen molar-refractivity contribution < 1.29 is 22.3 Å². The largest absolute Gasteiger partial charge is 0.457 e. The van der Waals surface area contributed by atoms with Gasteiger partial charge in [-0.3, -0.25) is 4.98 Å². The Balaban J connectivity index is 1.46. The van der Waals surface area contributed by atoms with Gasteiger partial charge >= 0.3 is 12.2 Å². The van der Waals surface area contributed by atoms with Gasteiger partial charge in [0.1, 0.15) is 11.5 Å². The maximum absolute atomic E-state index is 12.8. The SMILES string of the molecule is Cc1cc(Oc2ccc(-c3nnc(Nc4cccc(C(F)(F)F)c4)o3)cc2)ccn1. The van der Waals surface area contributed by atoms with Gasteiger partial charge in [0.05, 0.1) is 5.56 Å². The van der Waals surface area contributed by atoms with Gasteiger partial charge in [0.15, 0.2) is 0 Å². The van der Waals surface area contributed by atoms with Gasteiger partial charge in [0, 0.05) is 29.2 Å². The molecule has 2 aromatic carbocycles. The highest BCUT2D eigenvalue weighted by atomic mass is 19.4. The number of halogens is 3. The topological polar surface area (TPSA) is 73.1 Å². The number of pyridine rings is 1. The minimum atomic E-state index is -4.43. The number of nitrogens with one attached hydrogen (secondary N) is 1. The third-order valence-corrected chi connectivity index (χ3v) is 4.07. The van der Waals surface area contributed by atoms with Gasteiger partial charge in [-0.25, -0.2) is 0 Å². The predicted molar refractivity (Wildman–Crippen MR) is 104 cm³/mol. The van der Waals surface area contributed by atoms with E-state index in [9.17, 15) is 13.2 Å². The van der Waals surface area contributed by atoms with Gasteiger partial charge < -0.3 is 14.5 Å². The molecule has 4 rings (SSSR count). The van der Waals surface area contributed by atoms with Gasteiger partial charge in [-0.05, 0) is 55.5 Å². The van der Waals surface area contributed by atoms with E-state index in [0.717, 1.165) is 17.8 Å². The Kier molecular flexibility index (Phi) is 5.09. The first-order valence-corrected chi connectivity index (χ1v) is 8.85. The second-order valence-corrected chi connectivity index (χ2v) is 6.38. The molecule has 0 spiro atoms. The molecule has 0 fully saturated rings. The van der Waals surface area contributed by atoms with Crippen molar-refractivity contribution in [1.82, 2.24) is 15.2 Å². The first-order valence-electron chi connectivity index (χ1n) is 8.85. The maximum Gasteiger partial charge on any atom is 0.416 e. The fourth-order valence-electron chi connectivity index (χ4n) is 2.67. The fourth-order valence-corrected chi connectivity index (χ4v) is 2.67. The highest BCUT2D eigenvalue weighted by Gasteiger charge is 2.30. The van der Waals surface area contributed by atoms with Crippen LogP contribution in [0.25, 0.3) is 11.5 Å². The van der Waals surface area contributed by atoms with Crippen LogP contribution in [0.1, 0.15) is 11.3 Å². The summed E-state index contributed by atoms with van der Waals surface area (Å²) in [5, 5.41) is 10.4. The lowest BCUT2D eigenvalue weighted by Crippen LogP contribution is -2.05. The van der Waals surface area contributed by atoms with Crippen LogP contribution in [0.4, 0.5) is 24.9 Å². The smallest absolute Gasteiger partial charge is 0.416 e. The van der Waals surface area contributed by atoms with Crippen LogP contribution in [0.5, 0.6) is 11.5 Å². The Morgan fingerprint density at radius 1 is 0.933 bits per heavy atom. The molecule has 0 bridgehead atoms. The molecule has 0 aliphatic heterocycles. The summed E-state index contributed by atoms with van der Waals surface area (Å²) in [7, 11) is 0. The van der Waals surface area contributed by atoms with Crippen LogP contribution in [-0.4, -0.2) is 15.2 Å². The summed E-state index contributed by atoms with van der Waals surface area (Å²) in [5.74, 6) is 1.50. The number of rotatable bonds is 5. The number of alkyl halides is 3. The van der Waals surface area contributed by atoms with Crippen LogP contribution >= 0.6 is 0 Å². The molecule has 9 heteroatoms. The Bertz CT molecular complexity index is 1160. The normalized spacial score (nSPS) is 11.3. The molecule has 6 nitrogen and oxygen atoms in total. The van der Waals surface area contributed by atoms with Crippen LogP contribution in [0, 0.1) is 6.92 Å². The van der Waals surface area contributed by atoms with Crippen molar-refractivity contribution >= 4 is 11.7 Å². The zero-order valence-corrected chi connectivity index (χ0v) is 15.6. The van der Waals surface area contributed by atoms with Crippen molar-refractivity contribution in [2.24, 2.45) is 0 Å². The third kappa shape index (κ3) is 4.57. The number of hydrogen-bond acceptors (Lipinski definition) is 6. The van der Waals surface area contributed by atoms with E-state index in [-0.39, 0.29) is 17.6 Å². The summed E-state index contributed by atoms with van der Waals surface area (Å²) in [4.78, 5) is 4.12. The second kappa shape index (κ2) is 7.86. The monoisotopic (exact) mass is 412 g/mol. The van der Waals surface area contributed by atoms with E-state index in [1.54, 1.807) is 36.5 Å². The second-order valence-electron chi connectivity index (χ2n) is 6.38. The number of aromatic nitrogens is 3. The van der Waals surface area contributed by atoms with Crippen molar-refractivity contribution in [2.45, 2.75) is 13.1 Å². The summed E-state index contributed by atoms with van der Waals surface area (Å²) in [6, 6.07) is 15.3. The molecule has 30 heavy (non-hydrogen) atoms. The lowest BCUT2D eigenvalue weighted by molar-refractivity contribution is -0.137. The van der Waals surface area contributed by atoms with Gasteiger partial charge in [-0.1, -0.05) is 11.2 Å². The Morgan fingerprint density at radius 3 is 2.47 bits per heavy atom. The molecule has 0 radical (unpaired) electrons. The third-order valence-electron chi connectivity index (χ3n) is 4.07. The molecule has 0 aliphatic rings. The van der Waals surface area contributed by atoms with Crippen molar-refractivity contribution in [3.8, 4) is 23.0 Å². The minimum Gasteiger partial charge on any atom is -0.457 e. The maximum atomic E-state index is 12.8. The predicted octanol–water partition coefficient (Wildman–Crippen LogP) is 5.99. The highest BCUT2D eigenvalue weighted by Crippen LogP contribution is 2.32. The fraction of sp³-hybridized carbons (Fsp3) is 0.0952. The molecule has 2 aromatic heterocycles. The summed E-state index contributed by atoms with van der Waals surface area (Å²) >= 11 is 0. The molecule has 0 unspecified atom stereocenters. The van der Waals surface area contributed by atoms with Crippen molar-refractivity contribution in [3.05, 3.63) is 78.1 Å². The highest BCUT2D eigenvalue weighted by molar-refractivity contribution is 5.58. The van der Waals surface area contributed by atoms with Crippen LogP contribution < -0.4 is 10.1 Å². The summed E-state index contributed by atoms with van der Waals surface area (Å²) in [6.45, 7) is 1.87. The molecule has 152 valence electrons. The van der Waals surface area contributed by atoms with Crippen LogP contribution in [0.15, 0.2) is 71.3 Å². The minimum absolute atomic E-state index is 0.0167. The molecule has 0 saturated heterocycles. The standard InChI is InChI=1S/C21H15F3N4O2/c1-13-11-18(9-10-25-13)29-17-7-5-14(6-8-17)19-27-28-20(30-19)26-16-4-2-3-15(12-16)21(22,23)24/h2-12H,1H3,(H,26,28). The Morgan fingerprint density at radius 2 is 1.73 bits per heavy atom. The van der Waals surface area contributed by atoms with Crippen LogP contribution in [0.3, 0.4) is 0 Å². The number of aryl methyl sites for hydroxylation is 1. The number of nitrogens with zero attached hydrogens (tertiary/aromatic N) is 3. The van der Waals surface area contributed by atoms with Gasteiger partial charge in [-0.2, -0.15) is 13.2 Å². The number of hydrogen-bond donors (Lipinski definition) is 1. The molecule has 0 atom stereocenters. The summed E-state index contributed by atoms with van der Waals surface area (Å²) in [5.41, 5.74) is 0.900. The summed E-state index contributed by atoms with van der Waals surface area (Å²) in [6.07, 6.45) is -2.77. The molecule has 2 heterocycles. The average molecular weight is 412 g/mol. The lowest BCUT2D eigenvalue weighted by atomic mass is 10.2. The Labute approximate surface area is 169 Å². The number of benzene rings is 2. The van der Waals surface area contributed by atoms with E-state index < -0.39 is 11.7 Å². The molecular formula is C21H15F3N4O2. The van der Waals surface area contributed by atoms with E-state index in [2.05, 4.69) is 20.5 Å². The lowest BCUT2D eigenvalue weighted by Gasteiger charge is -2.08. The van der Waals surface area contributed by atoms with E-state index in [1.165, 1.54) is 12.1 Å². The zero-order chi connectivity index (χ0) is 21.1. The zero-order valence-electron chi connectivity index (χ0n) is 15.6. The average Bonchev–Trinajstić information content (AvgIpc) is 3.17. The Hall–Kier alpha value is -3.88. The van der Waals surface area contributed by atoms with Crippen molar-refractivity contribution in [2.75, 3.05) is 5.32 Å². The molecule has 4 aromatic rings. The number of ether oxygens (including phenoxy) is 1. The first kappa shape index (κ1) is 19.4. The van der Waals surface area contributed by atoms with Gasteiger partial charge in [0.25, 0.3) is 0 Å². The van der Waals surface area contributed by atoms with Gasteiger partial charge in [-0.15, -0.1) is 5.10 Å². The van der Waals surface area contributed by atoms with Crippen LogP contribution in [-0.2, 0) is 6.18 Å². The first-order chi connectivity index (χ1) is 14.4. The summed E-state index contributed by atoms with van der Waals surface area (Å²) < 4.78 is 49.8. The van der Waals surface area contributed by atoms with E-state index in [1.807, 2.05) is 13.0 Å². The van der Waals surface area contributed by atoms with E-state index in [4.69, 9.17) is 9.15 Å². The molecule has 0 aliphatic carbocycles. The van der Waals surface area contributed by atoms with Crippen molar-refractivity contribution in [1.29, 1.82) is 0 Å². The van der Waals surface area contributed by atoms with E-state index >= 15 is 0 Å². The number of anilines is 2. The van der Waals surface area contributed by atoms with Crippen molar-refractivity contribution in [3.63, 3.8) is 0 Å². The van der Waals surface area contributed by atoms with E-state index in [0.29, 0.717) is 17.1 Å². The molecular weight excluding hydrogens is 397 g/mol. The van der Waals surface area contributed by atoms with Gasteiger partial charge in [0.2, 0.25) is 5.89 Å². The van der Waals surface area contributed by atoms with Crippen LogP contribution in [0.2, 0.25) is 0 Å². The molecule has 0 saturated carbocycles. The quantitative estimate of drug-likeness (QED) is 0.434. The molecule has 0 amide bonds. The molecule has 1 N–H and O–H groups in total.